The van der Waals surface area contributed by atoms with Crippen molar-refractivity contribution in [1.29, 1.82) is 0 Å². The van der Waals surface area contributed by atoms with Crippen LogP contribution in [-0.2, 0) is 80.5 Å². The molecule has 810 valence electrons. The lowest BCUT2D eigenvalue weighted by atomic mass is 9.95. The number of hydrogen-bond acceptors (Lipinski definition) is 21. The van der Waals surface area contributed by atoms with E-state index in [1.54, 1.807) is 0 Å². The van der Waals surface area contributed by atoms with Crippen molar-refractivity contribution in [2.75, 3.05) is 13.2 Å². The van der Waals surface area contributed by atoms with Gasteiger partial charge in [0.15, 0.2) is 24.8 Å². The monoisotopic (exact) mass is 1980 g/mol. The van der Waals surface area contributed by atoms with Crippen molar-refractivity contribution >= 4 is 49.5 Å². The number of carbonyl (C=O) groups is 7. The fraction of sp³-hybridized carbons (Fsp3) is 0.920. The number of aliphatic hydroxyl groups is 4. The van der Waals surface area contributed by atoms with Crippen LogP contribution in [0.25, 0.3) is 0 Å². The van der Waals surface area contributed by atoms with Crippen LogP contribution in [-0.4, -0.2) is 171 Å². The third kappa shape index (κ3) is 72.2. The molecule has 2 aliphatic rings. The van der Waals surface area contributed by atoms with Crippen molar-refractivity contribution in [3.8, 4) is 0 Å². The van der Waals surface area contributed by atoms with Crippen LogP contribution in [0.4, 0.5) is 0 Å². The highest BCUT2D eigenvalue weighted by Gasteiger charge is 2.54. The maximum atomic E-state index is 15.2. The molecule has 0 spiro atoms. The molecule has 0 aromatic heterocycles. The molecule has 2 saturated heterocycles. The number of phosphoric ester groups is 1. The van der Waals surface area contributed by atoms with E-state index in [2.05, 4.69) is 71.3 Å². The summed E-state index contributed by atoms with van der Waals surface area (Å²) in [5.41, 5.74) is 0. The van der Waals surface area contributed by atoms with Crippen LogP contribution in [0.15, 0.2) is 12.2 Å². The first kappa shape index (κ1) is 130. The molecule has 2 heterocycles. The lowest BCUT2D eigenvalue weighted by molar-refractivity contribution is -0.298. The lowest BCUT2D eigenvalue weighted by Crippen LogP contribution is -2.67. The molecule has 25 nitrogen and oxygen atoms in total. The Bertz CT molecular complexity index is 2980. The summed E-state index contributed by atoms with van der Waals surface area (Å²) in [5.74, 6) is -5.01. The number of hydrogen-bond donors (Lipinski definition) is 8. The number of nitrogens with one attached hydrogen (secondary N) is 2. The number of phosphoric acid groups is 1. The van der Waals surface area contributed by atoms with Gasteiger partial charge in [0.2, 0.25) is 11.8 Å². The molecule has 0 aromatic rings. The van der Waals surface area contributed by atoms with Crippen molar-refractivity contribution in [3.05, 3.63) is 12.2 Å². The number of carbonyl (C=O) groups excluding carboxylic acids is 7. The van der Waals surface area contributed by atoms with Gasteiger partial charge in [-0.15, -0.1) is 0 Å². The first-order valence-corrected chi connectivity index (χ1v) is 59.1. The topological polar surface area (TPSA) is 365 Å². The summed E-state index contributed by atoms with van der Waals surface area (Å²) in [6.07, 6.45) is 56.5. The van der Waals surface area contributed by atoms with Gasteiger partial charge >= 0.3 is 37.7 Å². The SMILES string of the molecule is CCCCCC/C=C\CCCCCCCC(=O)OC(CCCCCCCCCCC)CC(=O)NC1[C@H](OCC2OC(OP(=O)(O)O)C(NC(=O)CC(CCCCCCCCCCC)OC(=O)CCCCCCCCCCCCCCC)[C@@H](OC(=O)CC(O)CCCCCCCCCCC)[C@@H]2O)OC(CO)C(O)[C@@H]1OC(=O)CC(CCCCCCCCCCC)OC(=O)CCCCCCCCCCC. The summed E-state index contributed by atoms with van der Waals surface area (Å²) in [7, 11) is -5.68. The first-order valence-electron chi connectivity index (χ1n) is 57.6. The molecule has 0 aliphatic carbocycles. The van der Waals surface area contributed by atoms with Crippen LogP contribution < -0.4 is 10.6 Å². The molecule has 2 aliphatic heterocycles. The first-order chi connectivity index (χ1) is 67.1. The third-order valence-electron chi connectivity index (χ3n) is 27.5. The van der Waals surface area contributed by atoms with Gasteiger partial charge in [0, 0.05) is 19.3 Å². The van der Waals surface area contributed by atoms with Gasteiger partial charge in [-0.3, -0.25) is 38.1 Å². The van der Waals surface area contributed by atoms with E-state index < -0.39 is 174 Å². The molecule has 0 aromatic carbocycles. The molecule has 0 saturated carbocycles. The fourth-order valence-electron chi connectivity index (χ4n) is 19.0. The van der Waals surface area contributed by atoms with Gasteiger partial charge < -0.3 is 78.7 Å². The van der Waals surface area contributed by atoms with Crippen molar-refractivity contribution in [1.82, 2.24) is 10.6 Å². The second-order valence-corrected chi connectivity index (χ2v) is 41.9. The number of ether oxygens (including phenoxy) is 8. The zero-order valence-corrected chi connectivity index (χ0v) is 89.7. The standard InChI is InChI=1S/C112H209N2O23P/c1-8-15-22-29-36-43-45-47-49-56-63-70-76-83-100(119)130-93(80-73-66-59-52-39-32-25-18-11-4)87-98(117)113-105-109(136-104(123)89-95(82-75-68-61-54-41-34-27-20-13-6)132-102(121)85-78-69-62-55-42-35-28-21-14-7)107(124)96(90-115)133-111(105)129-91-97-108(125)110(135-103(122)86-92(116)79-72-65-58-51-38-31-24-17-10-3)106(112(134-97)137-138(126,127)128)114-99(118)88-94(81-74-67-60-53-40-33-26-19-12-5)131-101(120)84-77-71-64-57-50-48-46-44-37-30-23-16-9-2/h43,45,92-97,105-112,115-116,124-125H,8-42,44,46-91H2,1-7H3,(H,113,117)(H,114,118)(H2,126,127,128)/b45-43-/t92?,93?,94?,95?,96?,97?,105?,106?,107?,108-,109-,110-,111-,112?/m1/s1. The van der Waals surface area contributed by atoms with E-state index in [1.807, 2.05) is 0 Å². The minimum Gasteiger partial charge on any atom is -0.462 e. The summed E-state index contributed by atoms with van der Waals surface area (Å²) < 4.78 is 68.8. The number of aliphatic hydroxyl groups excluding tert-OH is 4. The highest BCUT2D eigenvalue weighted by molar-refractivity contribution is 7.46. The molecular formula is C112H209N2O23P. The van der Waals surface area contributed by atoms with Gasteiger partial charge in [0.25, 0.3) is 0 Å². The smallest absolute Gasteiger partial charge is 0.462 e. The predicted molar refractivity (Wildman–Crippen MR) is 553 cm³/mol. The Kier molecular flexibility index (Phi) is 85.1. The minimum atomic E-state index is -5.68. The fourth-order valence-corrected chi connectivity index (χ4v) is 19.4. The van der Waals surface area contributed by atoms with E-state index in [1.165, 1.54) is 154 Å². The number of rotatable bonds is 98. The number of allylic oxidation sites excluding steroid dienone is 2. The van der Waals surface area contributed by atoms with Crippen LogP contribution in [0.3, 0.4) is 0 Å². The van der Waals surface area contributed by atoms with E-state index >= 15 is 4.79 Å². The van der Waals surface area contributed by atoms with Crippen molar-refractivity contribution in [2.45, 2.75) is 648 Å². The largest absolute Gasteiger partial charge is 0.472 e. The normalized spacial score (nSPS) is 19.3. The summed E-state index contributed by atoms with van der Waals surface area (Å²) in [6.45, 7) is 13.5. The van der Waals surface area contributed by atoms with Crippen LogP contribution in [0, 0.1) is 0 Å². The van der Waals surface area contributed by atoms with E-state index in [-0.39, 0.29) is 25.7 Å². The zero-order valence-electron chi connectivity index (χ0n) is 88.8. The highest BCUT2D eigenvalue weighted by Crippen LogP contribution is 2.42. The summed E-state index contributed by atoms with van der Waals surface area (Å²) in [4.78, 5) is 123. The van der Waals surface area contributed by atoms with Gasteiger partial charge in [-0.2, -0.15) is 0 Å². The summed E-state index contributed by atoms with van der Waals surface area (Å²) >= 11 is 0. The minimum absolute atomic E-state index is 0.126. The van der Waals surface area contributed by atoms with E-state index in [9.17, 15) is 63.5 Å². The Balaban J connectivity index is 2.83. The summed E-state index contributed by atoms with van der Waals surface area (Å²) in [6, 6.07) is -3.62. The molecule has 8 N–H and O–H groups in total. The van der Waals surface area contributed by atoms with E-state index in [0.717, 1.165) is 244 Å². The zero-order chi connectivity index (χ0) is 101. The van der Waals surface area contributed by atoms with Gasteiger partial charge in [0.1, 0.15) is 54.8 Å². The Morgan fingerprint density at radius 2 is 0.572 bits per heavy atom. The van der Waals surface area contributed by atoms with Crippen molar-refractivity contribution in [3.63, 3.8) is 0 Å². The number of amides is 2. The number of esters is 5. The molecule has 10 unspecified atom stereocenters. The third-order valence-corrected chi connectivity index (χ3v) is 28.0. The molecular weight excluding hydrogens is 1770 g/mol. The van der Waals surface area contributed by atoms with Gasteiger partial charge in [0.05, 0.1) is 45.0 Å². The molecule has 2 amide bonds. The maximum absolute atomic E-state index is 15.2. The van der Waals surface area contributed by atoms with Crippen molar-refractivity contribution < 1.29 is 111 Å². The Labute approximate surface area is 839 Å². The molecule has 0 bridgehead atoms. The second-order valence-electron chi connectivity index (χ2n) is 40.7. The Morgan fingerprint density at radius 3 is 0.884 bits per heavy atom. The van der Waals surface area contributed by atoms with E-state index in [4.69, 9.17) is 42.4 Å². The Hall–Kier alpha value is -4.14. The molecule has 14 atom stereocenters. The van der Waals surface area contributed by atoms with Crippen molar-refractivity contribution in [2.24, 2.45) is 0 Å². The van der Waals surface area contributed by atoms with Crippen LogP contribution in [0.1, 0.15) is 562 Å². The second kappa shape index (κ2) is 90.4. The van der Waals surface area contributed by atoms with Gasteiger partial charge in [-0.25, -0.2) is 4.57 Å². The van der Waals surface area contributed by atoms with Crippen LogP contribution in [0.5, 0.6) is 0 Å². The van der Waals surface area contributed by atoms with Crippen LogP contribution in [0.2, 0.25) is 0 Å². The number of unbranched alkanes of at least 4 members (excludes halogenated alkanes) is 61. The molecule has 2 rings (SSSR count). The Morgan fingerprint density at radius 1 is 0.319 bits per heavy atom. The lowest BCUT2D eigenvalue weighted by Gasteiger charge is -2.46. The maximum Gasteiger partial charge on any atom is 0.472 e. The van der Waals surface area contributed by atoms with Gasteiger partial charge in [-0.05, 0) is 89.9 Å². The summed E-state index contributed by atoms with van der Waals surface area (Å²) in [5, 5.41) is 53.4. The highest BCUT2D eigenvalue weighted by atomic mass is 31.2. The average molecular weight is 1980 g/mol. The quantitative estimate of drug-likeness (QED) is 0.00922. The molecule has 138 heavy (non-hydrogen) atoms. The average Bonchev–Trinajstić information content (AvgIpc) is 0.780. The van der Waals surface area contributed by atoms with E-state index in [0.29, 0.717) is 64.2 Å². The predicted octanol–water partition coefficient (Wildman–Crippen LogP) is 27.1. The van der Waals surface area contributed by atoms with Gasteiger partial charge in [-0.1, -0.05) is 439 Å². The molecule has 0 radical (unpaired) electrons. The molecule has 26 heteroatoms. The van der Waals surface area contributed by atoms with Crippen LogP contribution >= 0.6 is 7.82 Å². The molecule has 2 fully saturated rings.